The van der Waals surface area contributed by atoms with Gasteiger partial charge in [0.2, 0.25) is 0 Å². The van der Waals surface area contributed by atoms with E-state index in [9.17, 15) is 24.9 Å². The van der Waals surface area contributed by atoms with Gasteiger partial charge in [-0.05, 0) is 24.4 Å². The summed E-state index contributed by atoms with van der Waals surface area (Å²) in [5, 5.41) is 28.7. The summed E-state index contributed by atoms with van der Waals surface area (Å²) in [5.74, 6) is -1.05. The van der Waals surface area contributed by atoms with E-state index in [4.69, 9.17) is 4.42 Å². The van der Waals surface area contributed by atoms with E-state index >= 15 is 0 Å². The topological polar surface area (TPSA) is 108 Å². The Labute approximate surface area is 113 Å². The van der Waals surface area contributed by atoms with Gasteiger partial charge in [-0.25, -0.2) is 4.79 Å². The maximum atomic E-state index is 11.8. The molecule has 0 spiro atoms. The van der Waals surface area contributed by atoms with Crippen LogP contribution in [0, 0.1) is 0 Å². The number of ketones is 1. The molecule has 0 bridgehead atoms. The molecule has 0 saturated carbocycles. The van der Waals surface area contributed by atoms with Crippen molar-refractivity contribution >= 4 is 16.6 Å². The van der Waals surface area contributed by atoms with Crippen LogP contribution >= 0.6 is 0 Å². The third-order valence-electron chi connectivity index (χ3n) is 2.60. The smallest absolute Gasteiger partial charge is 0.347 e. The highest BCUT2D eigenvalue weighted by molar-refractivity contribution is 5.89. The number of rotatable bonds is 3. The molecule has 20 heavy (non-hydrogen) atoms. The molecule has 0 radical (unpaired) electrons. The molecule has 6 heteroatoms. The first-order valence-corrected chi connectivity index (χ1v) is 5.75. The lowest BCUT2D eigenvalue weighted by atomic mass is 10.1. The molecule has 3 N–H and O–H groups in total. The number of hydrogen-bond donors (Lipinski definition) is 3. The predicted octanol–water partition coefficient (Wildman–Crippen LogP) is 1.78. The Balaban J connectivity index is 2.53. The van der Waals surface area contributed by atoms with Gasteiger partial charge in [0.25, 0.3) is 0 Å². The van der Waals surface area contributed by atoms with Crippen LogP contribution in [-0.4, -0.2) is 21.1 Å². The number of benzene rings is 1. The molecule has 0 aliphatic heterocycles. The lowest BCUT2D eigenvalue weighted by Gasteiger charge is -2.04. The summed E-state index contributed by atoms with van der Waals surface area (Å²) in [6, 6.07) is 3.73. The van der Waals surface area contributed by atoms with E-state index in [1.54, 1.807) is 0 Å². The zero-order valence-electron chi connectivity index (χ0n) is 10.6. The quantitative estimate of drug-likeness (QED) is 0.582. The van der Waals surface area contributed by atoms with Crippen molar-refractivity contribution in [3.8, 4) is 11.5 Å². The maximum Gasteiger partial charge on any atom is 0.347 e. The summed E-state index contributed by atoms with van der Waals surface area (Å²) >= 11 is 0. The number of hydrogen-bond acceptors (Lipinski definition) is 6. The Hall–Kier alpha value is -2.76. The fraction of sp³-hybridized carbons (Fsp3) is 0.143. The van der Waals surface area contributed by atoms with E-state index < -0.39 is 5.63 Å². The van der Waals surface area contributed by atoms with Crippen molar-refractivity contribution in [1.82, 2.24) is 0 Å². The molecule has 0 atom stereocenters. The second-order valence-electron chi connectivity index (χ2n) is 4.35. The normalized spacial score (nSPS) is 11.8. The van der Waals surface area contributed by atoms with E-state index in [0.29, 0.717) is 0 Å². The lowest BCUT2D eigenvalue weighted by molar-refractivity contribution is -0.112. The average Bonchev–Trinajstić information content (AvgIpc) is 2.25. The van der Waals surface area contributed by atoms with Crippen LogP contribution in [0.2, 0.25) is 0 Å². The first kappa shape index (κ1) is 13.7. The molecule has 0 aliphatic carbocycles. The number of allylic oxidation sites excluding steroid dienone is 2. The van der Waals surface area contributed by atoms with Gasteiger partial charge in [-0.1, -0.05) is 0 Å². The highest BCUT2D eigenvalue weighted by atomic mass is 16.4. The van der Waals surface area contributed by atoms with E-state index in [-0.39, 0.29) is 46.0 Å². The van der Waals surface area contributed by atoms with Crippen molar-refractivity contribution in [2.24, 2.45) is 0 Å². The van der Waals surface area contributed by atoms with Crippen LogP contribution < -0.4 is 5.63 Å². The van der Waals surface area contributed by atoms with Crippen molar-refractivity contribution in [3.05, 3.63) is 46.2 Å². The fourth-order valence-electron chi connectivity index (χ4n) is 1.89. The second kappa shape index (κ2) is 5.08. The monoisotopic (exact) mass is 276 g/mol. The molecule has 6 nitrogen and oxygen atoms in total. The first-order valence-electron chi connectivity index (χ1n) is 5.75. The van der Waals surface area contributed by atoms with Gasteiger partial charge < -0.3 is 19.7 Å². The van der Waals surface area contributed by atoms with E-state index in [0.717, 1.165) is 12.1 Å². The Morgan fingerprint density at radius 2 is 2.00 bits per heavy atom. The summed E-state index contributed by atoms with van der Waals surface area (Å²) < 4.78 is 4.95. The molecule has 104 valence electrons. The molecule has 0 unspecified atom stereocenters. The third-order valence-corrected chi connectivity index (χ3v) is 2.60. The number of carbonyl (C=O) groups is 1. The second-order valence-corrected chi connectivity index (χ2v) is 4.35. The zero-order chi connectivity index (χ0) is 14.9. The van der Waals surface area contributed by atoms with Gasteiger partial charge >= 0.3 is 5.63 Å². The lowest BCUT2D eigenvalue weighted by Crippen LogP contribution is -2.04. The molecule has 0 amide bonds. The maximum absolute atomic E-state index is 11.8. The Morgan fingerprint density at radius 3 is 2.65 bits per heavy atom. The average molecular weight is 276 g/mol. The number of phenols is 2. The Kier molecular flexibility index (Phi) is 3.47. The van der Waals surface area contributed by atoms with Gasteiger partial charge in [0.15, 0.2) is 5.78 Å². The number of carbonyl (C=O) groups excluding carboxylic acids is 1. The molecular weight excluding hydrogens is 264 g/mol. The highest BCUT2D eigenvalue weighted by Gasteiger charge is 2.11. The van der Waals surface area contributed by atoms with Crippen LogP contribution in [0.3, 0.4) is 0 Å². The number of fused-ring (bicyclic) bond motifs is 1. The van der Waals surface area contributed by atoms with Crippen LogP contribution in [0.1, 0.15) is 12.7 Å². The molecule has 1 aromatic carbocycles. The van der Waals surface area contributed by atoms with Gasteiger partial charge in [0.05, 0.1) is 6.42 Å². The minimum Gasteiger partial charge on any atom is -0.512 e. The summed E-state index contributed by atoms with van der Waals surface area (Å²) in [5.41, 5.74) is -0.786. The van der Waals surface area contributed by atoms with Crippen LogP contribution in [0.15, 0.2) is 39.2 Å². The molecule has 2 aromatic rings. The zero-order valence-corrected chi connectivity index (χ0v) is 10.6. The Morgan fingerprint density at radius 1 is 1.30 bits per heavy atom. The van der Waals surface area contributed by atoms with Gasteiger partial charge in [-0.2, -0.15) is 0 Å². The van der Waals surface area contributed by atoms with E-state index in [1.807, 2.05) is 0 Å². The molecule has 1 aromatic heterocycles. The molecular formula is C14H12O6. The minimum absolute atomic E-state index is 0.0541. The van der Waals surface area contributed by atoms with Crippen LogP contribution in [0.5, 0.6) is 11.5 Å². The van der Waals surface area contributed by atoms with Crippen molar-refractivity contribution in [1.29, 1.82) is 0 Å². The van der Waals surface area contributed by atoms with Gasteiger partial charge in [0.1, 0.15) is 28.4 Å². The number of phenolic OH excluding ortho intramolecular Hbond substituents is 2. The fourth-order valence-corrected chi connectivity index (χ4v) is 1.89. The van der Waals surface area contributed by atoms with Crippen molar-refractivity contribution < 1.29 is 24.5 Å². The van der Waals surface area contributed by atoms with Gasteiger partial charge in [0, 0.05) is 12.1 Å². The summed E-state index contributed by atoms with van der Waals surface area (Å²) in [4.78, 5) is 22.6. The highest BCUT2D eigenvalue weighted by Crippen LogP contribution is 2.28. The van der Waals surface area contributed by atoms with Crippen molar-refractivity contribution in [2.75, 3.05) is 0 Å². The summed E-state index contributed by atoms with van der Waals surface area (Å²) in [7, 11) is 0. The van der Waals surface area contributed by atoms with Crippen molar-refractivity contribution in [2.45, 2.75) is 13.3 Å². The first-order chi connectivity index (χ1) is 9.36. The van der Waals surface area contributed by atoms with E-state index in [1.165, 1.54) is 19.1 Å². The number of aromatic hydroxyl groups is 2. The molecule has 0 saturated heterocycles. The SMILES string of the molecule is CC(=O)C=C(O)Cc1cc2cc(O)cc(O)c2c(=O)o1. The third kappa shape index (κ3) is 2.80. The van der Waals surface area contributed by atoms with Crippen LogP contribution in [0.4, 0.5) is 0 Å². The molecule has 0 fully saturated rings. The number of aliphatic hydroxyl groups excluding tert-OH is 1. The van der Waals surface area contributed by atoms with E-state index in [2.05, 4.69) is 0 Å². The van der Waals surface area contributed by atoms with Gasteiger partial charge in [-0.15, -0.1) is 0 Å². The largest absolute Gasteiger partial charge is 0.512 e. The number of aliphatic hydroxyl groups is 1. The van der Waals surface area contributed by atoms with Gasteiger partial charge in [-0.3, -0.25) is 4.79 Å². The molecule has 2 rings (SSSR count). The standard InChI is InChI=1S/C14H12O6/c1-7(15)2-9(16)5-11-4-8-3-10(17)6-12(18)13(8)14(19)20-11/h2-4,6,16-18H,5H2,1H3. The van der Waals surface area contributed by atoms with Crippen LogP contribution in [0.25, 0.3) is 10.8 Å². The molecule has 0 aliphatic rings. The summed E-state index contributed by atoms with van der Waals surface area (Å²) in [6.07, 6.45) is 0.880. The minimum atomic E-state index is -0.786. The summed E-state index contributed by atoms with van der Waals surface area (Å²) in [6.45, 7) is 1.28. The van der Waals surface area contributed by atoms with Crippen molar-refractivity contribution in [3.63, 3.8) is 0 Å². The van der Waals surface area contributed by atoms with Crippen LogP contribution in [-0.2, 0) is 11.2 Å². The Bertz CT molecular complexity index is 769. The molecule has 1 heterocycles. The predicted molar refractivity (Wildman–Crippen MR) is 70.9 cm³/mol.